The fourth-order valence-corrected chi connectivity index (χ4v) is 5.31. The minimum absolute atomic E-state index is 0.0137. The average molecular weight is 661 g/mol. The van der Waals surface area contributed by atoms with Crippen LogP contribution in [0.2, 0.25) is 0 Å². The van der Waals surface area contributed by atoms with E-state index in [0.717, 1.165) is 37.3 Å². The maximum Gasteiger partial charge on any atom is 0.417 e. The van der Waals surface area contributed by atoms with Crippen LogP contribution < -0.4 is 10.1 Å². The Morgan fingerprint density at radius 2 is 1.48 bits per heavy atom. The molecule has 0 spiro atoms. The van der Waals surface area contributed by atoms with E-state index in [1.54, 1.807) is 60.7 Å². The molecular formula is C39H43F3N2O4. The summed E-state index contributed by atoms with van der Waals surface area (Å²) in [6, 6.07) is 19.8. The molecule has 0 saturated heterocycles. The van der Waals surface area contributed by atoms with Crippen LogP contribution in [0.4, 0.5) is 13.2 Å². The van der Waals surface area contributed by atoms with Crippen molar-refractivity contribution in [2.75, 3.05) is 6.61 Å². The van der Waals surface area contributed by atoms with E-state index in [-0.39, 0.29) is 23.1 Å². The molecule has 254 valence electrons. The lowest BCUT2D eigenvalue weighted by Gasteiger charge is -2.19. The Morgan fingerprint density at radius 1 is 0.854 bits per heavy atom. The highest BCUT2D eigenvalue weighted by Crippen LogP contribution is 2.39. The van der Waals surface area contributed by atoms with Crippen molar-refractivity contribution in [3.63, 3.8) is 0 Å². The Bertz CT molecular complexity index is 1660. The van der Waals surface area contributed by atoms with Crippen LogP contribution in [0.5, 0.6) is 5.75 Å². The second-order valence-electron chi connectivity index (χ2n) is 13.0. The number of carbonyl (C=O) groups is 2. The second-order valence-corrected chi connectivity index (χ2v) is 13.0. The van der Waals surface area contributed by atoms with E-state index < -0.39 is 29.7 Å². The van der Waals surface area contributed by atoms with Crippen LogP contribution in [0.25, 0.3) is 22.4 Å². The molecule has 0 aliphatic heterocycles. The fraction of sp³-hybridized carbons (Fsp3) is 0.359. The number of nitrogens with one attached hydrogen (secondary N) is 1. The van der Waals surface area contributed by atoms with Gasteiger partial charge in [0.15, 0.2) is 0 Å². The number of halogens is 3. The summed E-state index contributed by atoms with van der Waals surface area (Å²) in [5.74, 6) is -1.11. The van der Waals surface area contributed by atoms with Crippen molar-refractivity contribution in [2.45, 2.75) is 83.9 Å². The third kappa shape index (κ3) is 9.92. The summed E-state index contributed by atoms with van der Waals surface area (Å²) < 4.78 is 48.5. The van der Waals surface area contributed by atoms with Crippen molar-refractivity contribution < 1.29 is 32.6 Å². The lowest BCUT2D eigenvalue weighted by atomic mass is 9.86. The SMILES string of the molecule is CCCCCCCOc1ccc(-c2cnc(-c3ccc(C[C@H](NC(=O)c4ccc(C(C)(C)C)cc4)C(=O)O)cc3)cc2C(F)(F)F)cc1. The molecule has 6 nitrogen and oxygen atoms in total. The van der Waals surface area contributed by atoms with E-state index in [0.29, 0.717) is 34.6 Å². The minimum atomic E-state index is -4.62. The topological polar surface area (TPSA) is 88.5 Å². The molecule has 0 aliphatic rings. The smallest absolute Gasteiger partial charge is 0.417 e. The number of nitrogens with zero attached hydrogens (tertiary/aromatic N) is 1. The van der Waals surface area contributed by atoms with Gasteiger partial charge in [0.05, 0.1) is 17.9 Å². The van der Waals surface area contributed by atoms with Crippen molar-refractivity contribution in [3.8, 4) is 28.1 Å². The van der Waals surface area contributed by atoms with Crippen LogP contribution in [-0.4, -0.2) is 34.6 Å². The van der Waals surface area contributed by atoms with Gasteiger partial charge in [-0.3, -0.25) is 9.78 Å². The number of ether oxygens (including phenoxy) is 1. The van der Waals surface area contributed by atoms with Gasteiger partial charge in [0.2, 0.25) is 0 Å². The minimum Gasteiger partial charge on any atom is -0.494 e. The Labute approximate surface area is 280 Å². The molecule has 0 aliphatic carbocycles. The van der Waals surface area contributed by atoms with E-state index in [4.69, 9.17) is 4.74 Å². The number of carboxylic acid groups (broad SMARTS) is 1. The van der Waals surface area contributed by atoms with Gasteiger partial charge in [-0.05, 0) is 58.9 Å². The number of carbonyl (C=O) groups excluding carboxylic acids is 1. The van der Waals surface area contributed by atoms with Gasteiger partial charge in [0.25, 0.3) is 5.91 Å². The highest BCUT2D eigenvalue weighted by molar-refractivity contribution is 5.96. The van der Waals surface area contributed by atoms with E-state index >= 15 is 0 Å². The van der Waals surface area contributed by atoms with E-state index in [1.165, 1.54) is 12.6 Å². The number of aromatic nitrogens is 1. The number of aliphatic carboxylic acids is 1. The number of benzene rings is 3. The van der Waals surface area contributed by atoms with Gasteiger partial charge in [-0.2, -0.15) is 13.2 Å². The Morgan fingerprint density at radius 3 is 2.06 bits per heavy atom. The number of carboxylic acids is 1. The van der Waals surface area contributed by atoms with Crippen LogP contribution >= 0.6 is 0 Å². The third-order valence-corrected chi connectivity index (χ3v) is 8.20. The number of hydrogen-bond donors (Lipinski definition) is 2. The predicted molar refractivity (Wildman–Crippen MR) is 182 cm³/mol. The molecule has 0 radical (unpaired) electrons. The number of hydrogen-bond acceptors (Lipinski definition) is 4. The molecule has 1 heterocycles. The zero-order valence-electron chi connectivity index (χ0n) is 27.9. The van der Waals surface area contributed by atoms with Crippen LogP contribution in [0.3, 0.4) is 0 Å². The first-order chi connectivity index (χ1) is 22.8. The third-order valence-electron chi connectivity index (χ3n) is 8.20. The van der Waals surface area contributed by atoms with Crippen molar-refractivity contribution in [1.29, 1.82) is 0 Å². The summed E-state index contributed by atoms with van der Waals surface area (Å²) in [7, 11) is 0. The Hall–Kier alpha value is -4.66. The molecule has 1 atom stereocenters. The molecule has 1 amide bonds. The fourth-order valence-electron chi connectivity index (χ4n) is 5.31. The number of rotatable bonds is 14. The van der Waals surface area contributed by atoms with Gasteiger partial charge in [0.1, 0.15) is 11.8 Å². The summed E-state index contributed by atoms with van der Waals surface area (Å²) in [6.07, 6.45) is 2.10. The zero-order valence-corrected chi connectivity index (χ0v) is 27.9. The van der Waals surface area contributed by atoms with E-state index in [2.05, 4.69) is 38.0 Å². The molecule has 48 heavy (non-hydrogen) atoms. The number of unbranched alkanes of at least 4 members (excludes halogenated alkanes) is 4. The summed E-state index contributed by atoms with van der Waals surface area (Å²) in [6.45, 7) is 8.88. The maximum absolute atomic E-state index is 14.2. The van der Waals surface area contributed by atoms with Crippen LogP contribution in [0.15, 0.2) is 85.1 Å². The predicted octanol–water partition coefficient (Wildman–Crippen LogP) is 9.51. The van der Waals surface area contributed by atoms with Gasteiger partial charge in [-0.25, -0.2) is 4.79 Å². The van der Waals surface area contributed by atoms with E-state index in [1.807, 2.05) is 12.1 Å². The molecule has 0 unspecified atom stereocenters. The Kier molecular flexibility index (Phi) is 12.0. The first kappa shape index (κ1) is 36.2. The van der Waals surface area contributed by atoms with Gasteiger partial charge >= 0.3 is 12.1 Å². The van der Waals surface area contributed by atoms with Crippen LogP contribution in [0, 0.1) is 0 Å². The molecule has 2 N–H and O–H groups in total. The molecule has 1 aromatic heterocycles. The first-order valence-corrected chi connectivity index (χ1v) is 16.3. The van der Waals surface area contributed by atoms with E-state index in [9.17, 15) is 27.9 Å². The number of amides is 1. The summed E-state index contributed by atoms with van der Waals surface area (Å²) >= 11 is 0. The van der Waals surface area contributed by atoms with Crippen molar-refractivity contribution in [3.05, 3.63) is 107 Å². The van der Waals surface area contributed by atoms with Gasteiger partial charge in [-0.15, -0.1) is 0 Å². The van der Waals surface area contributed by atoms with Crippen molar-refractivity contribution in [1.82, 2.24) is 10.3 Å². The van der Waals surface area contributed by atoms with Crippen LogP contribution in [0.1, 0.15) is 86.8 Å². The molecule has 0 bridgehead atoms. The zero-order chi connectivity index (χ0) is 34.9. The average Bonchev–Trinajstić information content (AvgIpc) is 3.05. The molecule has 4 aromatic rings. The van der Waals surface area contributed by atoms with Gasteiger partial charge in [0, 0.05) is 29.3 Å². The molecule has 4 rings (SSSR count). The van der Waals surface area contributed by atoms with Crippen LogP contribution in [-0.2, 0) is 22.8 Å². The normalized spacial score (nSPS) is 12.4. The van der Waals surface area contributed by atoms with Gasteiger partial charge in [-0.1, -0.05) is 102 Å². The summed E-state index contributed by atoms with van der Waals surface area (Å²) in [5.41, 5.74) is 1.97. The van der Waals surface area contributed by atoms with Crippen molar-refractivity contribution in [2.24, 2.45) is 0 Å². The lowest BCUT2D eigenvalue weighted by molar-refractivity contribution is -0.139. The largest absolute Gasteiger partial charge is 0.494 e. The monoisotopic (exact) mass is 660 g/mol. The highest BCUT2D eigenvalue weighted by Gasteiger charge is 2.34. The standard InChI is InChI=1S/C39H43F3N2O4/c1-5-6-7-8-9-22-48-31-20-16-27(17-21-31)32-25-43-34(24-33(32)39(40,41)42)28-12-10-26(11-13-28)23-35(37(46)47)44-36(45)29-14-18-30(19-15-29)38(2,3)4/h10-21,24-25,35H,5-9,22-23H2,1-4H3,(H,44,45)(H,46,47)/t35-/m0/s1. The lowest BCUT2D eigenvalue weighted by Crippen LogP contribution is -2.42. The summed E-state index contributed by atoms with van der Waals surface area (Å²) in [4.78, 5) is 29.1. The highest BCUT2D eigenvalue weighted by atomic mass is 19.4. The first-order valence-electron chi connectivity index (χ1n) is 16.3. The maximum atomic E-state index is 14.2. The molecule has 0 saturated carbocycles. The number of alkyl halides is 3. The molecule has 9 heteroatoms. The summed E-state index contributed by atoms with van der Waals surface area (Å²) in [5, 5.41) is 12.4. The Balaban J connectivity index is 1.45. The second kappa shape index (κ2) is 16.0. The van der Waals surface area contributed by atoms with Crippen molar-refractivity contribution >= 4 is 11.9 Å². The molecule has 3 aromatic carbocycles. The molecular weight excluding hydrogens is 617 g/mol. The number of pyridine rings is 1. The van der Waals surface area contributed by atoms with Gasteiger partial charge < -0.3 is 15.2 Å². The molecule has 0 fully saturated rings. The quantitative estimate of drug-likeness (QED) is 0.132.